The summed E-state index contributed by atoms with van der Waals surface area (Å²) in [5.74, 6) is 0. The molecule has 1 heterocycles. The normalized spacial score (nSPS) is 10.1. The number of hydrogen-bond donors (Lipinski definition) is 2. The van der Waals surface area contributed by atoms with E-state index in [-0.39, 0.29) is 0 Å². The van der Waals surface area contributed by atoms with Gasteiger partial charge in [0.15, 0.2) is 0 Å². The molecule has 0 aliphatic rings. The van der Waals surface area contributed by atoms with Gasteiger partial charge in [0.05, 0.1) is 6.07 Å². The van der Waals surface area contributed by atoms with Crippen LogP contribution in [-0.2, 0) is 6.42 Å². The number of H-pyrrole nitrogens is 1. The van der Waals surface area contributed by atoms with Gasteiger partial charge in [-0.3, -0.25) is 9.78 Å². The van der Waals surface area contributed by atoms with Crippen molar-refractivity contribution in [1.82, 2.24) is 9.55 Å². The van der Waals surface area contributed by atoms with E-state index in [1.165, 1.54) is 6.20 Å². The highest BCUT2D eigenvalue weighted by Crippen LogP contribution is 2.05. The molecule has 7 nitrogen and oxygen atoms in total. The number of carbonyl (C=O) groups is 1. The number of nitriles is 1. The number of nitrogens with one attached hydrogen (secondary N) is 1. The van der Waals surface area contributed by atoms with Crippen LogP contribution < -0.4 is 17.0 Å². The monoisotopic (exact) mass is 264 g/mol. The number of aryl methyl sites for hydroxylation is 1. The molecule has 0 radical (unpaired) electrons. The maximum absolute atomic E-state index is 11.5. The van der Waals surface area contributed by atoms with Gasteiger partial charge in [-0.25, -0.2) is 14.2 Å². The number of unbranched alkanes of at least 4 members (excludes halogenated alkanes) is 4. The molecular weight excluding hydrogens is 248 g/mol. The predicted octanol–water partition coefficient (Wildman–Crippen LogP) is 0.480. The lowest BCUT2D eigenvalue weighted by atomic mass is 10.1. The Hall–Kier alpha value is -2.36. The third kappa shape index (κ3) is 4.43. The number of primary amides is 1. The second kappa shape index (κ2) is 7.16. The first-order valence-corrected chi connectivity index (χ1v) is 6.08. The molecule has 0 spiro atoms. The Labute approximate surface area is 109 Å². The standard InChI is InChI=1S/C12H16N4O3/c13-7-5-3-1-2-4-6-9-8-16(11(14)18)12(19)15-10(9)17/h8H,1-6H2,(H2,14,18)(H,15,17,19). The number of hydrogen-bond acceptors (Lipinski definition) is 4. The van der Waals surface area contributed by atoms with Crippen LogP contribution in [0.2, 0.25) is 0 Å². The van der Waals surface area contributed by atoms with E-state index in [1.807, 2.05) is 0 Å². The van der Waals surface area contributed by atoms with Crippen LogP contribution in [0.5, 0.6) is 0 Å². The van der Waals surface area contributed by atoms with E-state index < -0.39 is 17.3 Å². The Morgan fingerprint density at radius 3 is 2.63 bits per heavy atom. The Bertz CT molecular complexity index is 594. The summed E-state index contributed by atoms with van der Waals surface area (Å²) in [5, 5.41) is 8.37. The number of aromatic amines is 1. The summed E-state index contributed by atoms with van der Waals surface area (Å²) in [5.41, 5.74) is 4.06. The van der Waals surface area contributed by atoms with Gasteiger partial charge in [-0.05, 0) is 19.3 Å². The Kier molecular flexibility index (Phi) is 5.54. The van der Waals surface area contributed by atoms with Gasteiger partial charge >= 0.3 is 11.7 Å². The van der Waals surface area contributed by atoms with Crippen LogP contribution in [0.3, 0.4) is 0 Å². The molecule has 1 aromatic rings. The van der Waals surface area contributed by atoms with Crippen molar-refractivity contribution < 1.29 is 4.79 Å². The fourth-order valence-electron chi connectivity index (χ4n) is 1.73. The van der Waals surface area contributed by atoms with E-state index in [9.17, 15) is 14.4 Å². The van der Waals surface area contributed by atoms with Gasteiger partial charge in [-0.1, -0.05) is 12.8 Å². The minimum atomic E-state index is -0.920. The first-order valence-electron chi connectivity index (χ1n) is 6.08. The highest BCUT2D eigenvalue weighted by molar-refractivity contribution is 5.74. The van der Waals surface area contributed by atoms with Crippen LogP contribution in [0, 0.1) is 11.3 Å². The first kappa shape index (κ1) is 14.7. The molecule has 0 aromatic carbocycles. The van der Waals surface area contributed by atoms with Crippen molar-refractivity contribution >= 4 is 6.03 Å². The van der Waals surface area contributed by atoms with Crippen molar-refractivity contribution in [2.24, 2.45) is 5.73 Å². The number of nitrogens with two attached hydrogens (primary N) is 1. The van der Waals surface area contributed by atoms with Gasteiger partial charge in [0, 0.05) is 18.2 Å². The Morgan fingerprint density at radius 2 is 2.00 bits per heavy atom. The Morgan fingerprint density at radius 1 is 1.32 bits per heavy atom. The minimum Gasteiger partial charge on any atom is -0.351 e. The molecule has 0 unspecified atom stereocenters. The maximum atomic E-state index is 11.5. The molecule has 0 bridgehead atoms. The largest absolute Gasteiger partial charge is 0.351 e. The van der Waals surface area contributed by atoms with Crippen LogP contribution in [0.25, 0.3) is 0 Å². The molecule has 0 aliphatic heterocycles. The molecule has 0 atom stereocenters. The average Bonchev–Trinajstić information content (AvgIpc) is 2.35. The van der Waals surface area contributed by atoms with Crippen LogP contribution in [-0.4, -0.2) is 15.6 Å². The summed E-state index contributed by atoms with van der Waals surface area (Å²) < 4.78 is 0.687. The highest BCUT2D eigenvalue weighted by atomic mass is 16.2. The average molecular weight is 264 g/mol. The van der Waals surface area contributed by atoms with E-state index in [4.69, 9.17) is 11.0 Å². The molecule has 0 aliphatic carbocycles. The second-order valence-electron chi connectivity index (χ2n) is 4.19. The summed E-state index contributed by atoms with van der Waals surface area (Å²) >= 11 is 0. The quantitative estimate of drug-likeness (QED) is 0.725. The summed E-state index contributed by atoms with van der Waals surface area (Å²) in [4.78, 5) is 35.8. The van der Waals surface area contributed by atoms with Crippen molar-refractivity contribution in [3.63, 3.8) is 0 Å². The fraction of sp³-hybridized carbons (Fsp3) is 0.500. The lowest BCUT2D eigenvalue weighted by molar-refractivity contribution is 0.249. The number of amides is 1. The topological polar surface area (TPSA) is 122 Å². The molecular formula is C12H16N4O3. The van der Waals surface area contributed by atoms with Gasteiger partial charge in [0.1, 0.15) is 0 Å². The number of rotatable bonds is 6. The molecule has 0 fully saturated rings. The van der Waals surface area contributed by atoms with E-state index in [1.54, 1.807) is 0 Å². The second-order valence-corrected chi connectivity index (χ2v) is 4.19. The predicted molar refractivity (Wildman–Crippen MR) is 68.7 cm³/mol. The van der Waals surface area contributed by atoms with E-state index in [2.05, 4.69) is 11.1 Å². The zero-order valence-corrected chi connectivity index (χ0v) is 10.5. The van der Waals surface area contributed by atoms with Crippen molar-refractivity contribution in [3.05, 3.63) is 32.6 Å². The summed E-state index contributed by atoms with van der Waals surface area (Å²) in [6.07, 6.45) is 5.60. The smallest absolute Gasteiger partial charge is 0.336 e. The molecule has 0 saturated carbocycles. The fourth-order valence-corrected chi connectivity index (χ4v) is 1.73. The zero-order chi connectivity index (χ0) is 14.3. The molecule has 1 aromatic heterocycles. The maximum Gasteiger partial charge on any atom is 0.336 e. The van der Waals surface area contributed by atoms with E-state index in [0.29, 0.717) is 23.0 Å². The van der Waals surface area contributed by atoms with Crippen molar-refractivity contribution in [2.45, 2.75) is 38.5 Å². The molecule has 7 heteroatoms. The van der Waals surface area contributed by atoms with Crippen molar-refractivity contribution in [1.29, 1.82) is 5.26 Å². The summed E-state index contributed by atoms with van der Waals surface area (Å²) in [6, 6.07) is 1.15. The molecule has 1 rings (SSSR count). The molecule has 0 saturated heterocycles. The van der Waals surface area contributed by atoms with E-state index in [0.717, 1.165) is 25.7 Å². The molecule has 102 valence electrons. The van der Waals surface area contributed by atoms with Crippen LogP contribution >= 0.6 is 0 Å². The Balaban J connectivity index is 2.62. The molecule has 19 heavy (non-hydrogen) atoms. The van der Waals surface area contributed by atoms with Crippen LogP contribution in [0.15, 0.2) is 15.8 Å². The van der Waals surface area contributed by atoms with Gasteiger partial charge in [-0.15, -0.1) is 0 Å². The van der Waals surface area contributed by atoms with Crippen molar-refractivity contribution in [3.8, 4) is 6.07 Å². The minimum absolute atomic E-state index is 0.360. The number of aromatic nitrogens is 2. The van der Waals surface area contributed by atoms with Crippen LogP contribution in [0.1, 0.15) is 37.7 Å². The third-order valence-electron chi connectivity index (χ3n) is 2.74. The van der Waals surface area contributed by atoms with E-state index >= 15 is 0 Å². The third-order valence-corrected chi connectivity index (χ3v) is 2.74. The molecule has 3 N–H and O–H groups in total. The van der Waals surface area contributed by atoms with Gasteiger partial charge < -0.3 is 5.73 Å². The summed E-state index contributed by atoms with van der Waals surface area (Å²) in [7, 11) is 0. The highest BCUT2D eigenvalue weighted by Gasteiger charge is 2.07. The van der Waals surface area contributed by atoms with Gasteiger partial charge in [0.25, 0.3) is 5.56 Å². The molecule has 1 amide bonds. The van der Waals surface area contributed by atoms with Crippen LogP contribution in [0.4, 0.5) is 4.79 Å². The SMILES string of the molecule is N#CCCCCCCc1cn(C(N)=O)c(=O)[nH]c1=O. The number of nitrogens with zero attached hydrogens (tertiary/aromatic N) is 2. The summed E-state index contributed by atoms with van der Waals surface area (Å²) in [6.45, 7) is 0. The van der Waals surface area contributed by atoms with Gasteiger partial charge in [0.2, 0.25) is 0 Å². The lowest BCUT2D eigenvalue weighted by Crippen LogP contribution is -2.38. The lowest BCUT2D eigenvalue weighted by Gasteiger charge is -2.03. The first-order chi connectivity index (χ1) is 9.06. The number of carbonyl (C=O) groups excluding carboxylic acids is 1. The van der Waals surface area contributed by atoms with Gasteiger partial charge in [-0.2, -0.15) is 5.26 Å². The van der Waals surface area contributed by atoms with Crippen molar-refractivity contribution in [2.75, 3.05) is 0 Å². The zero-order valence-electron chi connectivity index (χ0n) is 10.5.